The van der Waals surface area contributed by atoms with E-state index in [1.54, 1.807) is 0 Å². The Morgan fingerprint density at radius 2 is 2.29 bits per heavy atom. The van der Waals surface area contributed by atoms with E-state index in [1.165, 1.54) is 0 Å². The Labute approximate surface area is 83.5 Å². The first kappa shape index (κ1) is 8.83. The van der Waals surface area contributed by atoms with E-state index in [2.05, 4.69) is 36.0 Å². The summed E-state index contributed by atoms with van der Waals surface area (Å²) in [6.07, 6.45) is 2.76. The third kappa shape index (κ3) is 1.49. The van der Waals surface area contributed by atoms with Crippen molar-refractivity contribution in [2.45, 2.75) is 13.3 Å². The summed E-state index contributed by atoms with van der Waals surface area (Å²) < 4.78 is 1.87. The van der Waals surface area contributed by atoms with Crippen molar-refractivity contribution in [2.24, 2.45) is 7.05 Å². The molecule has 0 aliphatic rings. The molecular formula is C12H12N2. The molecule has 1 heterocycles. The molecule has 0 spiro atoms. The Hall–Kier alpha value is -1.75. The molecule has 2 aromatic rings. The van der Waals surface area contributed by atoms with Gasteiger partial charge in [-0.2, -0.15) is 5.10 Å². The van der Waals surface area contributed by atoms with Crippen LogP contribution in [0.4, 0.5) is 0 Å². The molecule has 0 aliphatic heterocycles. The zero-order valence-electron chi connectivity index (χ0n) is 8.41. The lowest BCUT2D eigenvalue weighted by Gasteiger charge is -1.94. The van der Waals surface area contributed by atoms with Crippen LogP contribution in [-0.4, -0.2) is 9.78 Å². The minimum Gasteiger partial charge on any atom is -0.268 e. The highest BCUT2D eigenvalue weighted by atomic mass is 15.2. The summed E-state index contributed by atoms with van der Waals surface area (Å²) in [5.74, 6) is 6.17. The largest absolute Gasteiger partial charge is 0.268 e. The zero-order valence-corrected chi connectivity index (χ0v) is 8.41. The van der Waals surface area contributed by atoms with Gasteiger partial charge in [0.2, 0.25) is 0 Å². The van der Waals surface area contributed by atoms with Crippen LogP contribution in [0.3, 0.4) is 0 Å². The molecule has 0 saturated carbocycles. The smallest absolute Gasteiger partial charge is 0.0679 e. The fourth-order valence-electron chi connectivity index (χ4n) is 1.43. The maximum absolute atomic E-state index is 4.19. The second kappa shape index (κ2) is 3.55. The molecule has 70 valence electrons. The van der Waals surface area contributed by atoms with Gasteiger partial charge in [0.1, 0.15) is 0 Å². The van der Waals surface area contributed by atoms with Crippen molar-refractivity contribution in [3.63, 3.8) is 0 Å². The van der Waals surface area contributed by atoms with Gasteiger partial charge in [-0.1, -0.05) is 18.8 Å². The third-order valence-electron chi connectivity index (χ3n) is 2.16. The molecule has 0 amide bonds. The molecule has 0 aliphatic carbocycles. The summed E-state index contributed by atoms with van der Waals surface area (Å²) in [7, 11) is 1.94. The minimum absolute atomic E-state index is 0.894. The van der Waals surface area contributed by atoms with Crippen LogP contribution in [-0.2, 0) is 7.05 Å². The predicted octanol–water partition coefficient (Wildman–Crippen LogP) is 2.33. The van der Waals surface area contributed by atoms with E-state index in [0.717, 1.165) is 22.9 Å². The summed E-state index contributed by atoms with van der Waals surface area (Å²) in [6.45, 7) is 2.05. The number of hydrogen-bond donors (Lipinski definition) is 0. The first-order valence-corrected chi connectivity index (χ1v) is 4.72. The highest BCUT2D eigenvalue weighted by Gasteiger charge is 1.98. The van der Waals surface area contributed by atoms with Crippen molar-refractivity contribution < 1.29 is 0 Å². The van der Waals surface area contributed by atoms with E-state index < -0.39 is 0 Å². The number of rotatable bonds is 0. The van der Waals surface area contributed by atoms with Crippen molar-refractivity contribution in [1.29, 1.82) is 0 Å². The SMILES string of the molecule is CCC#Cc1ccc2c(cnn2C)c1. The molecule has 0 saturated heterocycles. The molecule has 0 N–H and O–H groups in total. The Bertz CT molecular complexity index is 512. The Kier molecular flexibility index (Phi) is 2.24. The lowest BCUT2D eigenvalue weighted by Crippen LogP contribution is -1.88. The lowest BCUT2D eigenvalue weighted by molar-refractivity contribution is 0.797. The van der Waals surface area contributed by atoms with Crippen molar-refractivity contribution in [1.82, 2.24) is 9.78 Å². The second-order valence-electron chi connectivity index (χ2n) is 3.20. The summed E-state index contributed by atoms with van der Waals surface area (Å²) in [6, 6.07) is 6.17. The van der Waals surface area contributed by atoms with Gasteiger partial charge >= 0.3 is 0 Å². The van der Waals surface area contributed by atoms with Gasteiger partial charge in [0, 0.05) is 24.4 Å². The lowest BCUT2D eigenvalue weighted by atomic mass is 10.1. The molecule has 0 atom stereocenters. The maximum atomic E-state index is 4.19. The molecule has 0 fully saturated rings. The third-order valence-corrected chi connectivity index (χ3v) is 2.16. The van der Waals surface area contributed by atoms with E-state index >= 15 is 0 Å². The minimum atomic E-state index is 0.894. The molecule has 1 aromatic carbocycles. The monoisotopic (exact) mass is 184 g/mol. The average molecular weight is 184 g/mol. The van der Waals surface area contributed by atoms with Crippen LogP contribution in [0.15, 0.2) is 24.4 Å². The first-order valence-electron chi connectivity index (χ1n) is 4.72. The van der Waals surface area contributed by atoms with E-state index in [1.807, 2.05) is 24.0 Å². The summed E-state index contributed by atoms with van der Waals surface area (Å²) >= 11 is 0. The van der Waals surface area contributed by atoms with Gasteiger partial charge in [-0.3, -0.25) is 4.68 Å². The standard InChI is InChI=1S/C12H12N2/c1-3-4-5-10-6-7-12-11(8-10)9-13-14(12)2/h6-9H,3H2,1-2H3. The van der Waals surface area contributed by atoms with Crippen molar-refractivity contribution in [3.8, 4) is 11.8 Å². The van der Waals surface area contributed by atoms with Crippen molar-refractivity contribution in [3.05, 3.63) is 30.0 Å². The number of hydrogen-bond acceptors (Lipinski definition) is 1. The maximum Gasteiger partial charge on any atom is 0.0679 e. The number of aryl methyl sites for hydroxylation is 1. The highest BCUT2D eigenvalue weighted by Crippen LogP contribution is 2.13. The summed E-state index contributed by atoms with van der Waals surface area (Å²) in [5, 5.41) is 5.33. The molecule has 0 bridgehead atoms. The predicted molar refractivity (Wildman–Crippen MR) is 57.9 cm³/mol. The van der Waals surface area contributed by atoms with Gasteiger partial charge in [-0.25, -0.2) is 0 Å². The van der Waals surface area contributed by atoms with Gasteiger partial charge in [-0.05, 0) is 18.2 Å². The molecule has 2 nitrogen and oxygen atoms in total. The number of aromatic nitrogens is 2. The van der Waals surface area contributed by atoms with Crippen LogP contribution in [0.1, 0.15) is 18.9 Å². The topological polar surface area (TPSA) is 17.8 Å². The Morgan fingerprint density at radius 3 is 3.07 bits per heavy atom. The fraction of sp³-hybridized carbons (Fsp3) is 0.250. The van der Waals surface area contributed by atoms with Crippen molar-refractivity contribution >= 4 is 10.9 Å². The summed E-state index contributed by atoms with van der Waals surface area (Å²) in [4.78, 5) is 0. The Balaban J connectivity index is 2.52. The van der Waals surface area contributed by atoms with Crippen LogP contribution in [0, 0.1) is 11.8 Å². The second-order valence-corrected chi connectivity index (χ2v) is 3.20. The summed E-state index contributed by atoms with van der Waals surface area (Å²) in [5.41, 5.74) is 2.21. The fourth-order valence-corrected chi connectivity index (χ4v) is 1.43. The van der Waals surface area contributed by atoms with Crippen LogP contribution in [0.25, 0.3) is 10.9 Å². The normalized spacial score (nSPS) is 9.86. The van der Waals surface area contributed by atoms with Gasteiger partial charge in [-0.15, -0.1) is 0 Å². The molecular weight excluding hydrogens is 172 g/mol. The highest BCUT2D eigenvalue weighted by molar-refractivity contribution is 5.80. The van der Waals surface area contributed by atoms with Crippen LogP contribution in [0.2, 0.25) is 0 Å². The van der Waals surface area contributed by atoms with E-state index in [9.17, 15) is 0 Å². The van der Waals surface area contributed by atoms with E-state index in [-0.39, 0.29) is 0 Å². The number of nitrogens with zero attached hydrogens (tertiary/aromatic N) is 2. The molecule has 0 unspecified atom stereocenters. The molecule has 1 aromatic heterocycles. The van der Waals surface area contributed by atoms with Crippen LogP contribution >= 0.6 is 0 Å². The van der Waals surface area contributed by atoms with Crippen LogP contribution < -0.4 is 0 Å². The number of benzene rings is 1. The quantitative estimate of drug-likeness (QED) is 0.574. The van der Waals surface area contributed by atoms with Crippen LogP contribution in [0.5, 0.6) is 0 Å². The van der Waals surface area contributed by atoms with Gasteiger partial charge < -0.3 is 0 Å². The van der Waals surface area contributed by atoms with E-state index in [0.29, 0.717) is 0 Å². The molecule has 0 radical (unpaired) electrons. The Morgan fingerprint density at radius 1 is 1.43 bits per heavy atom. The van der Waals surface area contributed by atoms with Gasteiger partial charge in [0.15, 0.2) is 0 Å². The molecule has 2 heteroatoms. The first-order chi connectivity index (χ1) is 6.81. The average Bonchev–Trinajstić information content (AvgIpc) is 2.57. The number of fused-ring (bicyclic) bond motifs is 1. The van der Waals surface area contributed by atoms with Gasteiger partial charge in [0.25, 0.3) is 0 Å². The van der Waals surface area contributed by atoms with Gasteiger partial charge in [0.05, 0.1) is 11.7 Å². The van der Waals surface area contributed by atoms with E-state index in [4.69, 9.17) is 0 Å². The van der Waals surface area contributed by atoms with Crippen molar-refractivity contribution in [2.75, 3.05) is 0 Å². The molecule has 14 heavy (non-hydrogen) atoms. The zero-order chi connectivity index (χ0) is 9.97. The molecule has 2 rings (SSSR count).